The summed E-state index contributed by atoms with van der Waals surface area (Å²) in [7, 11) is 0. The van der Waals surface area contributed by atoms with E-state index in [2.05, 4.69) is 10.4 Å². The third-order valence-corrected chi connectivity index (χ3v) is 4.49. The Morgan fingerprint density at radius 1 is 1.07 bits per heavy atom. The van der Waals surface area contributed by atoms with Crippen LogP contribution < -0.4 is 5.32 Å². The third-order valence-electron chi connectivity index (χ3n) is 3.75. The van der Waals surface area contributed by atoms with Crippen molar-refractivity contribution >= 4 is 34.9 Å². The molecule has 1 N–H and O–H groups in total. The van der Waals surface area contributed by atoms with Gasteiger partial charge in [-0.05, 0) is 37.3 Å². The number of aromatic nitrogens is 2. The van der Waals surface area contributed by atoms with E-state index in [0.717, 1.165) is 12.1 Å². The highest BCUT2D eigenvalue weighted by atomic mass is 35.5. The molecule has 0 aliphatic heterocycles. The van der Waals surface area contributed by atoms with Crippen molar-refractivity contribution in [2.45, 2.75) is 13.1 Å². The number of halogens is 5. The molecule has 0 saturated carbocycles. The van der Waals surface area contributed by atoms with Gasteiger partial charge in [-0.3, -0.25) is 4.79 Å². The fourth-order valence-corrected chi connectivity index (χ4v) is 2.82. The van der Waals surface area contributed by atoms with Gasteiger partial charge in [0.15, 0.2) is 5.82 Å². The number of hydrogen-bond donors (Lipinski definition) is 1. The van der Waals surface area contributed by atoms with Crippen molar-refractivity contribution in [2.24, 2.45) is 0 Å². The zero-order valence-corrected chi connectivity index (χ0v) is 15.3. The molecular formula is C18H12Cl2F3N3O. The molecule has 9 heteroatoms. The van der Waals surface area contributed by atoms with Crippen LogP contribution in [0.25, 0.3) is 5.69 Å². The Kier molecular flexibility index (Phi) is 5.17. The van der Waals surface area contributed by atoms with Gasteiger partial charge in [0.1, 0.15) is 0 Å². The highest BCUT2D eigenvalue weighted by Gasteiger charge is 2.35. The number of nitrogens with zero attached hydrogens (tertiary/aromatic N) is 2. The van der Waals surface area contributed by atoms with Crippen LogP contribution in [0.2, 0.25) is 10.0 Å². The lowest BCUT2D eigenvalue weighted by atomic mass is 10.1. The van der Waals surface area contributed by atoms with Crippen LogP contribution in [0.5, 0.6) is 0 Å². The van der Waals surface area contributed by atoms with Gasteiger partial charge in [-0.15, -0.1) is 5.10 Å². The van der Waals surface area contributed by atoms with Crippen molar-refractivity contribution in [2.75, 3.05) is 5.32 Å². The molecule has 140 valence electrons. The second-order valence-electron chi connectivity index (χ2n) is 5.68. The molecule has 0 aliphatic carbocycles. The fourth-order valence-electron chi connectivity index (χ4n) is 2.53. The van der Waals surface area contributed by atoms with E-state index in [9.17, 15) is 18.0 Å². The molecule has 0 aliphatic rings. The number of nitrogens with one attached hydrogen (secondary N) is 1. The van der Waals surface area contributed by atoms with Crippen LogP contribution in [0, 0.1) is 6.92 Å². The predicted molar refractivity (Wildman–Crippen MR) is 97.7 cm³/mol. The zero-order chi connectivity index (χ0) is 19.8. The summed E-state index contributed by atoms with van der Waals surface area (Å²) < 4.78 is 40.7. The number of anilines is 1. The minimum Gasteiger partial charge on any atom is -0.305 e. The Hall–Kier alpha value is -2.51. The second-order valence-corrected chi connectivity index (χ2v) is 6.49. The molecule has 4 nitrogen and oxygen atoms in total. The van der Waals surface area contributed by atoms with Crippen molar-refractivity contribution in [1.29, 1.82) is 0 Å². The lowest BCUT2D eigenvalue weighted by molar-refractivity contribution is -0.137. The van der Waals surface area contributed by atoms with Gasteiger partial charge >= 0.3 is 6.18 Å². The van der Waals surface area contributed by atoms with Crippen molar-refractivity contribution in [3.8, 4) is 5.69 Å². The van der Waals surface area contributed by atoms with Gasteiger partial charge in [0.2, 0.25) is 0 Å². The van der Waals surface area contributed by atoms with Gasteiger partial charge in [-0.1, -0.05) is 35.3 Å². The Morgan fingerprint density at radius 2 is 1.78 bits per heavy atom. The quantitative estimate of drug-likeness (QED) is 0.593. The van der Waals surface area contributed by atoms with Crippen molar-refractivity contribution < 1.29 is 18.0 Å². The van der Waals surface area contributed by atoms with Gasteiger partial charge in [-0.2, -0.15) is 13.2 Å². The van der Waals surface area contributed by atoms with Crippen LogP contribution in [0.4, 0.5) is 19.0 Å². The zero-order valence-electron chi connectivity index (χ0n) is 13.8. The van der Waals surface area contributed by atoms with E-state index in [-0.39, 0.29) is 5.82 Å². The van der Waals surface area contributed by atoms with Gasteiger partial charge in [-0.25, -0.2) is 4.68 Å². The molecule has 0 unspecified atom stereocenters. The normalized spacial score (nSPS) is 11.5. The topological polar surface area (TPSA) is 46.9 Å². The highest BCUT2D eigenvalue weighted by Crippen LogP contribution is 2.32. The van der Waals surface area contributed by atoms with Gasteiger partial charge in [0.25, 0.3) is 5.91 Å². The molecule has 1 heterocycles. The number of benzene rings is 2. The predicted octanol–water partition coefficient (Wildman–Crippen LogP) is 5.76. The molecular weight excluding hydrogens is 402 g/mol. The van der Waals surface area contributed by atoms with E-state index in [1.165, 1.54) is 22.9 Å². The summed E-state index contributed by atoms with van der Waals surface area (Å²) in [6.07, 6.45) is -4.64. The molecule has 2 aromatic carbocycles. The maximum atomic E-state index is 13.1. The molecule has 0 spiro atoms. The number of amides is 1. The van der Waals surface area contributed by atoms with Crippen molar-refractivity contribution in [3.63, 3.8) is 0 Å². The Labute approximate surface area is 162 Å². The summed E-state index contributed by atoms with van der Waals surface area (Å²) in [6.45, 7) is 1.73. The number of carbonyl (C=O) groups is 1. The van der Waals surface area contributed by atoms with Crippen LogP contribution in [0.3, 0.4) is 0 Å². The number of aryl methyl sites for hydroxylation is 1. The molecule has 0 atom stereocenters. The van der Waals surface area contributed by atoms with Crippen LogP contribution in [0.15, 0.2) is 48.5 Å². The molecule has 0 saturated heterocycles. The summed E-state index contributed by atoms with van der Waals surface area (Å²) in [5.41, 5.74) is -0.249. The van der Waals surface area contributed by atoms with Crippen LogP contribution in [0.1, 0.15) is 21.6 Å². The van der Waals surface area contributed by atoms with E-state index in [1.807, 2.05) is 0 Å². The minimum absolute atomic E-state index is 0.112. The molecule has 0 bridgehead atoms. The van der Waals surface area contributed by atoms with E-state index >= 15 is 0 Å². The Morgan fingerprint density at radius 3 is 2.44 bits per heavy atom. The molecule has 0 radical (unpaired) electrons. The van der Waals surface area contributed by atoms with Gasteiger partial charge in [0.05, 0.1) is 26.9 Å². The summed E-state index contributed by atoms with van der Waals surface area (Å²) >= 11 is 11.9. The first-order valence-electron chi connectivity index (χ1n) is 7.66. The maximum Gasteiger partial charge on any atom is 0.417 e. The van der Waals surface area contributed by atoms with E-state index < -0.39 is 23.2 Å². The SMILES string of the molecule is Cc1cc(NC(=O)c2ccccc2C(F)(F)F)nn1-c1ccc(Cl)c(Cl)c1. The second kappa shape index (κ2) is 7.25. The fraction of sp³-hybridized carbons (Fsp3) is 0.111. The summed E-state index contributed by atoms with van der Waals surface area (Å²) in [5.74, 6) is -0.790. The molecule has 3 aromatic rings. The van der Waals surface area contributed by atoms with Crippen LogP contribution >= 0.6 is 23.2 Å². The standard InChI is InChI=1S/C18H12Cl2F3N3O/c1-10-8-16(25-26(10)11-6-7-14(19)15(20)9-11)24-17(27)12-4-2-3-5-13(12)18(21,22)23/h2-9H,1H3,(H,24,25,27). The molecule has 1 amide bonds. The van der Waals surface area contributed by atoms with Crippen molar-refractivity contribution in [1.82, 2.24) is 9.78 Å². The Balaban J connectivity index is 1.90. The lowest BCUT2D eigenvalue weighted by Gasteiger charge is -2.11. The van der Waals surface area contributed by atoms with Crippen LogP contribution in [-0.4, -0.2) is 15.7 Å². The highest BCUT2D eigenvalue weighted by molar-refractivity contribution is 6.42. The van der Waals surface area contributed by atoms with Gasteiger partial charge in [0, 0.05) is 11.8 Å². The monoisotopic (exact) mass is 413 g/mol. The number of rotatable bonds is 3. The molecule has 27 heavy (non-hydrogen) atoms. The Bertz CT molecular complexity index is 1020. The minimum atomic E-state index is -4.64. The largest absolute Gasteiger partial charge is 0.417 e. The van der Waals surface area contributed by atoms with E-state index in [0.29, 0.717) is 21.4 Å². The first-order valence-corrected chi connectivity index (χ1v) is 8.42. The summed E-state index contributed by atoms with van der Waals surface area (Å²) in [4.78, 5) is 12.3. The van der Waals surface area contributed by atoms with E-state index in [4.69, 9.17) is 23.2 Å². The maximum absolute atomic E-state index is 13.1. The first kappa shape index (κ1) is 19.3. The molecule has 0 fully saturated rings. The smallest absolute Gasteiger partial charge is 0.305 e. The number of hydrogen-bond acceptors (Lipinski definition) is 2. The molecule has 1 aromatic heterocycles. The molecule has 3 rings (SSSR count). The van der Waals surface area contributed by atoms with E-state index in [1.54, 1.807) is 25.1 Å². The number of carbonyl (C=O) groups excluding carboxylic acids is 1. The average molecular weight is 414 g/mol. The third kappa shape index (κ3) is 4.09. The number of alkyl halides is 3. The summed E-state index contributed by atoms with van der Waals surface area (Å²) in [5, 5.41) is 7.31. The summed E-state index contributed by atoms with van der Waals surface area (Å²) in [6, 6.07) is 11.0. The van der Waals surface area contributed by atoms with Crippen molar-refractivity contribution in [3.05, 3.63) is 75.4 Å². The first-order chi connectivity index (χ1) is 12.7. The van der Waals surface area contributed by atoms with Gasteiger partial charge < -0.3 is 5.32 Å². The van der Waals surface area contributed by atoms with Crippen LogP contribution in [-0.2, 0) is 6.18 Å². The average Bonchev–Trinajstić information content (AvgIpc) is 2.97. The lowest BCUT2D eigenvalue weighted by Crippen LogP contribution is -2.19.